The molecule has 0 saturated heterocycles. The highest BCUT2D eigenvalue weighted by Gasteiger charge is 2.16. The summed E-state index contributed by atoms with van der Waals surface area (Å²) in [5.74, 6) is 0.925. The quantitative estimate of drug-likeness (QED) is 0.771. The van der Waals surface area contributed by atoms with E-state index in [-0.39, 0.29) is 17.2 Å². The van der Waals surface area contributed by atoms with Gasteiger partial charge in [-0.25, -0.2) is 0 Å². The molecule has 0 aliphatic carbocycles. The largest absolute Gasteiger partial charge is 0.349 e. The van der Waals surface area contributed by atoms with Crippen molar-refractivity contribution in [1.29, 1.82) is 0 Å². The standard InChI is InChI=1S/C18H20BrNOS/c1-13(16-9-6-10-17(19)11-16)20-18(21)14(2)22-12-15-7-4-3-5-8-15/h3-11,13-14H,12H2,1-2H3,(H,20,21). The van der Waals surface area contributed by atoms with Crippen molar-refractivity contribution in [2.24, 2.45) is 0 Å². The lowest BCUT2D eigenvalue weighted by atomic mass is 10.1. The number of rotatable bonds is 6. The average molecular weight is 378 g/mol. The fraction of sp³-hybridized carbons (Fsp3) is 0.278. The summed E-state index contributed by atoms with van der Waals surface area (Å²) in [6.45, 7) is 3.96. The lowest BCUT2D eigenvalue weighted by Gasteiger charge is -2.18. The van der Waals surface area contributed by atoms with Gasteiger partial charge in [0.2, 0.25) is 5.91 Å². The van der Waals surface area contributed by atoms with Crippen LogP contribution in [0.5, 0.6) is 0 Å². The van der Waals surface area contributed by atoms with Gasteiger partial charge < -0.3 is 5.32 Å². The minimum absolute atomic E-state index is 0.00442. The number of carbonyl (C=O) groups excluding carboxylic acids is 1. The Morgan fingerprint density at radius 2 is 1.86 bits per heavy atom. The van der Waals surface area contributed by atoms with Crippen LogP contribution in [0, 0.1) is 0 Å². The highest BCUT2D eigenvalue weighted by atomic mass is 79.9. The molecule has 0 aromatic heterocycles. The van der Waals surface area contributed by atoms with E-state index < -0.39 is 0 Å². The van der Waals surface area contributed by atoms with Crippen LogP contribution >= 0.6 is 27.7 Å². The summed E-state index contributed by atoms with van der Waals surface area (Å²) in [7, 11) is 0. The fourth-order valence-electron chi connectivity index (χ4n) is 2.06. The minimum atomic E-state index is -0.0743. The van der Waals surface area contributed by atoms with E-state index in [1.165, 1.54) is 5.56 Å². The molecule has 0 aliphatic rings. The maximum Gasteiger partial charge on any atom is 0.233 e. The van der Waals surface area contributed by atoms with Crippen LogP contribution < -0.4 is 5.32 Å². The van der Waals surface area contributed by atoms with Crippen molar-refractivity contribution in [3.8, 4) is 0 Å². The Labute approximate surface area is 144 Å². The first-order valence-corrected chi connectivity index (χ1v) is 9.12. The Morgan fingerprint density at radius 3 is 2.55 bits per heavy atom. The zero-order valence-corrected chi connectivity index (χ0v) is 15.2. The molecule has 2 rings (SSSR count). The molecule has 2 unspecified atom stereocenters. The highest BCUT2D eigenvalue weighted by Crippen LogP contribution is 2.21. The molecule has 2 aromatic carbocycles. The average Bonchev–Trinajstić information content (AvgIpc) is 2.53. The van der Waals surface area contributed by atoms with Crippen LogP contribution in [-0.2, 0) is 10.5 Å². The Hall–Kier alpha value is -1.26. The van der Waals surface area contributed by atoms with Gasteiger partial charge in [-0.1, -0.05) is 58.4 Å². The molecule has 0 spiro atoms. The zero-order valence-electron chi connectivity index (χ0n) is 12.8. The number of nitrogens with one attached hydrogen (secondary N) is 1. The number of halogens is 1. The second kappa shape index (κ2) is 8.39. The monoisotopic (exact) mass is 377 g/mol. The van der Waals surface area contributed by atoms with Crippen molar-refractivity contribution in [3.05, 3.63) is 70.2 Å². The molecule has 1 amide bonds. The molecular formula is C18H20BrNOS. The first-order valence-electron chi connectivity index (χ1n) is 7.27. The van der Waals surface area contributed by atoms with Gasteiger partial charge in [-0.3, -0.25) is 4.79 Å². The van der Waals surface area contributed by atoms with E-state index in [4.69, 9.17) is 0 Å². The molecule has 2 atom stereocenters. The van der Waals surface area contributed by atoms with Crippen LogP contribution in [0.25, 0.3) is 0 Å². The summed E-state index contributed by atoms with van der Waals surface area (Å²) in [5, 5.41) is 3.00. The molecule has 0 saturated carbocycles. The number of amides is 1. The van der Waals surface area contributed by atoms with Gasteiger partial charge in [0.05, 0.1) is 11.3 Å². The van der Waals surface area contributed by atoms with Crippen molar-refractivity contribution >= 4 is 33.6 Å². The first-order chi connectivity index (χ1) is 10.6. The molecule has 0 aliphatic heterocycles. The summed E-state index contributed by atoms with van der Waals surface area (Å²) in [6, 6.07) is 18.3. The van der Waals surface area contributed by atoms with Crippen LogP contribution in [0.2, 0.25) is 0 Å². The van der Waals surface area contributed by atoms with Crippen molar-refractivity contribution in [3.63, 3.8) is 0 Å². The van der Waals surface area contributed by atoms with Crippen LogP contribution in [-0.4, -0.2) is 11.2 Å². The number of thioether (sulfide) groups is 1. The minimum Gasteiger partial charge on any atom is -0.349 e. The summed E-state index contributed by atoms with van der Waals surface area (Å²) in [6.07, 6.45) is 0. The first kappa shape index (κ1) is 17.1. The van der Waals surface area contributed by atoms with Crippen molar-refractivity contribution in [2.75, 3.05) is 0 Å². The smallest absolute Gasteiger partial charge is 0.233 e. The molecule has 0 radical (unpaired) electrons. The normalized spacial score (nSPS) is 13.4. The van der Waals surface area contributed by atoms with Crippen molar-refractivity contribution in [2.45, 2.75) is 30.9 Å². The lowest BCUT2D eigenvalue weighted by Crippen LogP contribution is -2.33. The summed E-state index contributed by atoms with van der Waals surface area (Å²) >= 11 is 5.12. The topological polar surface area (TPSA) is 29.1 Å². The van der Waals surface area contributed by atoms with Crippen LogP contribution in [0.15, 0.2) is 59.1 Å². The highest BCUT2D eigenvalue weighted by molar-refractivity contribution is 9.10. The van der Waals surface area contributed by atoms with Crippen LogP contribution in [0.3, 0.4) is 0 Å². The van der Waals surface area contributed by atoms with Gasteiger partial charge in [0.25, 0.3) is 0 Å². The van der Waals surface area contributed by atoms with Gasteiger partial charge in [0, 0.05) is 10.2 Å². The molecule has 4 heteroatoms. The third-order valence-corrected chi connectivity index (χ3v) is 5.13. The second-order valence-electron chi connectivity index (χ2n) is 5.22. The Morgan fingerprint density at radius 1 is 1.14 bits per heavy atom. The molecule has 2 aromatic rings. The van der Waals surface area contributed by atoms with E-state index in [0.29, 0.717) is 0 Å². The lowest BCUT2D eigenvalue weighted by molar-refractivity contribution is -0.120. The summed E-state index contributed by atoms with van der Waals surface area (Å²) < 4.78 is 1.03. The van der Waals surface area contributed by atoms with Crippen molar-refractivity contribution in [1.82, 2.24) is 5.32 Å². The molecule has 1 N–H and O–H groups in total. The number of hydrogen-bond donors (Lipinski definition) is 1. The van der Waals surface area contributed by atoms with Crippen LogP contribution in [0.1, 0.15) is 31.0 Å². The molecule has 116 valence electrons. The number of carbonyl (C=O) groups is 1. The second-order valence-corrected chi connectivity index (χ2v) is 7.47. The van der Waals surface area contributed by atoms with E-state index in [1.54, 1.807) is 11.8 Å². The Balaban J connectivity index is 1.85. The van der Waals surface area contributed by atoms with Gasteiger partial charge in [0.15, 0.2) is 0 Å². The summed E-state index contributed by atoms with van der Waals surface area (Å²) in [4.78, 5) is 12.3. The predicted octanol–water partition coefficient (Wildman–Crippen LogP) is 4.95. The molecule has 22 heavy (non-hydrogen) atoms. The number of hydrogen-bond acceptors (Lipinski definition) is 2. The summed E-state index contributed by atoms with van der Waals surface area (Å²) in [5.41, 5.74) is 2.34. The SMILES string of the molecule is CC(SCc1ccccc1)C(=O)NC(C)c1cccc(Br)c1. The number of benzene rings is 2. The van der Waals surface area contributed by atoms with Crippen molar-refractivity contribution < 1.29 is 4.79 Å². The Kier molecular flexibility index (Phi) is 6.52. The maximum absolute atomic E-state index is 12.3. The van der Waals surface area contributed by atoms with E-state index in [0.717, 1.165) is 15.8 Å². The van der Waals surface area contributed by atoms with E-state index in [9.17, 15) is 4.79 Å². The van der Waals surface area contributed by atoms with Crippen LogP contribution in [0.4, 0.5) is 0 Å². The van der Waals surface area contributed by atoms with Gasteiger partial charge >= 0.3 is 0 Å². The van der Waals surface area contributed by atoms with Gasteiger partial charge in [0.1, 0.15) is 0 Å². The van der Waals surface area contributed by atoms with Gasteiger partial charge in [-0.05, 0) is 37.1 Å². The fourth-order valence-corrected chi connectivity index (χ4v) is 3.33. The third kappa shape index (κ3) is 5.18. The third-order valence-electron chi connectivity index (χ3n) is 3.42. The molecule has 0 fully saturated rings. The van der Waals surface area contributed by atoms with Gasteiger partial charge in [-0.15, -0.1) is 11.8 Å². The maximum atomic E-state index is 12.3. The van der Waals surface area contributed by atoms with E-state index >= 15 is 0 Å². The molecule has 2 nitrogen and oxygen atoms in total. The van der Waals surface area contributed by atoms with E-state index in [2.05, 4.69) is 33.4 Å². The van der Waals surface area contributed by atoms with E-state index in [1.807, 2.05) is 56.3 Å². The molecule has 0 bridgehead atoms. The zero-order chi connectivity index (χ0) is 15.9. The Bertz CT molecular complexity index is 617. The van der Waals surface area contributed by atoms with Gasteiger partial charge in [-0.2, -0.15) is 0 Å². The molecule has 0 heterocycles. The predicted molar refractivity (Wildman–Crippen MR) is 97.9 cm³/mol. The molecular weight excluding hydrogens is 358 g/mol.